The van der Waals surface area contributed by atoms with Gasteiger partial charge in [-0.25, -0.2) is 4.98 Å². The van der Waals surface area contributed by atoms with Gasteiger partial charge < -0.3 is 14.8 Å². The topological polar surface area (TPSA) is 56.3 Å². The summed E-state index contributed by atoms with van der Waals surface area (Å²) in [6.07, 6.45) is 2.24. The highest BCUT2D eigenvalue weighted by Crippen LogP contribution is 2.21. The molecule has 0 aliphatic heterocycles. The van der Waals surface area contributed by atoms with Gasteiger partial charge >= 0.3 is 0 Å². The fourth-order valence-electron chi connectivity index (χ4n) is 1.63. The molecular weight excluding hydrogens is 242 g/mol. The van der Waals surface area contributed by atoms with Crippen molar-refractivity contribution in [2.24, 2.45) is 0 Å². The molecule has 19 heavy (non-hydrogen) atoms. The molecule has 1 rings (SSSR count). The summed E-state index contributed by atoms with van der Waals surface area (Å²) in [5.41, 5.74) is 0.945. The average Bonchev–Trinajstić information content (AvgIpc) is 2.39. The Morgan fingerprint density at radius 3 is 2.53 bits per heavy atom. The Labute approximate surface area is 115 Å². The third kappa shape index (κ3) is 5.42. The Morgan fingerprint density at radius 2 is 1.84 bits per heavy atom. The van der Waals surface area contributed by atoms with E-state index in [1.807, 2.05) is 20.8 Å². The molecule has 0 bridgehead atoms. The van der Waals surface area contributed by atoms with Crippen LogP contribution in [0.2, 0.25) is 0 Å². The molecule has 0 unspecified atom stereocenters. The highest BCUT2D eigenvalue weighted by Gasteiger charge is 2.09. The summed E-state index contributed by atoms with van der Waals surface area (Å²) in [5, 5.41) is 3.21. The Bertz CT molecular complexity index is 383. The van der Waals surface area contributed by atoms with Gasteiger partial charge in [-0.3, -0.25) is 0 Å². The van der Waals surface area contributed by atoms with Crippen molar-refractivity contribution in [2.75, 3.05) is 31.7 Å². The van der Waals surface area contributed by atoms with Gasteiger partial charge in [-0.1, -0.05) is 13.3 Å². The molecule has 5 heteroatoms. The SMILES string of the molecule is CCCCOCCOc1nc(C)nc(NCC)c1C. The molecule has 0 aliphatic carbocycles. The monoisotopic (exact) mass is 267 g/mol. The first-order chi connectivity index (χ1) is 9.19. The van der Waals surface area contributed by atoms with Crippen molar-refractivity contribution in [2.45, 2.75) is 40.5 Å². The number of ether oxygens (including phenoxy) is 2. The quantitative estimate of drug-likeness (QED) is 0.697. The van der Waals surface area contributed by atoms with Crippen molar-refractivity contribution in [3.63, 3.8) is 0 Å². The summed E-state index contributed by atoms with van der Waals surface area (Å²) in [7, 11) is 0. The third-order valence-corrected chi connectivity index (χ3v) is 2.67. The summed E-state index contributed by atoms with van der Waals surface area (Å²) in [6, 6.07) is 0. The second-order valence-electron chi connectivity index (χ2n) is 4.39. The number of nitrogens with zero attached hydrogens (tertiary/aromatic N) is 2. The van der Waals surface area contributed by atoms with E-state index in [0.29, 0.717) is 24.9 Å². The van der Waals surface area contributed by atoms with Crippen molar-refractivity contribution in [3.8, 4) is 5.88 Å². The van der Waals surface area contributed by atoms with Gasteiger partial charge in [0.1, 0.15) is 18.2 Å². The molecule has 0 fully saturated rings. The van der Waals surface area contributed by atoms with Crippen LogP contribution < -0.4 is 10.1 Å². The van der Waals surface area contributed by atoms with Crippen LogP contribution in [0.5, 0.6) is 5.88 Å². The lowest BCUT2D eigenvalue weighted by Crippen LogP contribution is -2.11. The van der Waals surface area contributed by atoms with E-state index in [9.17, 15) is 0 Å². The van der Waals surface area contributed by atoms with Crippen LogP contribution in [0, 0.1) is 13.8 Å². The smallest absolute Gasteiger partial charge is 0.221 e. The molecule has 0 atom stereocenters. The molecule has 0 saturated heterocycles. The highest BCUT2D eigenvalue weighted by atomic mass is 16.5. The van der Waals surface area contributed by atoms with Crippen LogP contribution in [0.25, 0.3) is 0 Å². The lowest BCUT2D eigenvalue weighted by atomic mass is 10.3. The van der Waals surface area contributed by atoms with E-state index in [2.05, 4.69) is 22.2 Å². The fraction of sp³-hybridized carbons (Fsp3) is 0.714. The number of anilines is 1. The predicted molar refractivity (Wildman–Crippen MR) is 76.9 cm³/mol. The van der Waals surface area contributed by atoms with Crippen LogP contribution in [0.15, 0.2) is 0 Å². The van der Waals surface area contributed by atoms with Gasteiger partial charge in [0.05, 0.1) is 12.2 Å². The first kappa shape index (κ1) is 15.7. The normalized spacial score (nSPS) is 10.5. The van der Waals surface area contributed by atoms with E-state index in [1.54, 1.807) is 0 Å². The molecule has 1 heterocycles. The number of hydrogen-bond donors (Lipinski definition) is 1. The Hall–Kier alpha value is -1.36. The molecule has 1 aromatic rings. The third-order valence-electron chi connectivity index (χ3n) is 2.67. The summed E-state index contributed by atoms with van der Waals surface area (Å²) in [4.78, 5) is 8.68. The van der Waals surface area contributed by atoms with Gasteiger partial charge in [-0.05, 0) is 27.2 Å². The zero-order valence-electron chi connectivity index (χ0n) is 12.5. The van der Waals surface area contributed by atoms with Gasteiger partial charge in [0.25, 0.3) is 0 Å². The fourth-order valence-corrected chi connectivity index (χ4v) is 1.63. The lowest BCUT2D eigenvalue weighted by molar-refractivity contribution is 0.0962. The molecule has 1 N–H and O–H groups in total. The number of aromatic nitrogens is 2. The zero-order chi connectivity index (χ0) is 14.1. The van der Waals surface area contributed by atoms with Crippen LogP contribution >= 0.6 is 0 Å². The first-order valence-electron chi connectivity index (χ1n) is 6.98. The van der Waals surface area contributed by atoms with Crippen LogP contribution in [-0.4, -0.2) is 36.3 Å². The predicted octanol–water partition coefficient (Wildman–Crippen LogP) is 2.72. The second-order valence-corrected chi connectivity index (χ2v) is 4.39. The first-order valence-corrected chi connectivity index (χ1v) is 6.98. The maximum Gasteiger partial charge on any atom is 0.221 e. The standard InChI is InChI=1S/C14H25N3O2/c1-5-7-8-18-9-10-19-14-11(3)13(15-6-2)16-12(4)17-14/h5-10H2,1-4H3,(H,15,16,17). The minimum absolute atomic E-state index is 0.520. The van der Waals surface area contributed by atoms with Crippen LogP contribution in [-0.2, 0) is 4.74 Å². The molecule has 1 aromatic heterocycles. The molecule has 5 nitrogen and oxygen atoms in total. The average molecular weight is 267 g/mol. The Kier molecular flexibility index (Phi) is 7.18. The van der Waals surface area contributed by atoms with Crippen molar-refractivity contribution in [1.29, 1.82) is 0 Å². The van der Waals surface area contributed by atoms with E-state index in [0.717, 1.165) is 37.4 Å². The maximum atomic E-state index is 5.67. The Balaban J connectivity index is 2.48. The van der Waals surface area contributed by atoms with E-state index in [4.69, 9.17) is 9.47 Å². The summed E-state index contributed by atoms with van der Waals surface area (Å²) >= 11 is 0. The number of unbranched alkanes of at least 4 members (excludes halogenated alkanes) is 1. The van der Waals surface area contributed by atoms with Gasteiger partial charge in [0, 0.05) is 13.2 Å². The molecule has 0 spiro atoms. The second kappa shape index (κ2) is 8.69. The Morgan fingerprint density at radius 1 is 1.05 bits per heavy atom. The highest BCUT2D eigenvalue weighted by molar-refractivity contribution is 5.48. The van der Waals surface area contributed by atoms with Crippen molar-refractivity contribution in [3.05, 3.63) is 11.4 Å². The van der Waals surface area contributed by atoms with Crippen molar-refractivity contribution >= 4 is 5.82 Å². The van der Waals surface area contributed by atoms with E-state index < -0.39 is 0 Å². The van der Waals surface area contributed by atoms with Crippen LogP contribution in [0.1, 0.15) is 38.1 Å². The minimum Gasteiger partial charge on any atom is -0.475 e. The molecule has 108 valence electrons. The van der Waals surface area contributed by atoms with E-state index in [1.165, 1.54) is 0 Å². The molecule has 0 radical (unpaired) electrons. The van der Waals surface area contributed by atoms with Crippen molar-refractivity contribution < 1.29 is 9.47 Å². The molecule has 0 aromatic carbocycles. The maximum absolute atomic E-state index is 5.67. The summed E-state index contributed by atoms with van der Waals surface area (Å²) in [5.74, 6) is 2.20. The van der Waals surface area contributed by atoms with Crippen molar-refractivity contribution in [1.82, 2.24) is 9.97 Å². The lowest BCUT2D eigenvalue weighted by Gasteiger charge is -2.12. The number of hydrogen-bond acceptors (Lipinski definition) is 5. The van der Waals surface area contributed by atoms with E-state index in [-0.39, 0.29) is 0 Å². The van der Waals surface area contributed by atoms with Gasteiger partial charge in [0.15, 0.2) is 0 Å². The molecular formula is C14H25N3O2. The molecule has 0 aliphatic rings. The summed E-state index contributed by atoms with van der Waals surface area (Å²) in [6.45, 7) is 10.8. The molecule has 0 saturated carbocycles. The van der Waals surface area contributed by atoms with Gasteiger partial charge in [0.2, 0.25) is 5.88 Å². The van der Waals surface area contributed by atoms with Gasteiger partial charge in [-0.2, -0.15) is 4.98 Å². The molecule has 0 amide bonds. The van der Waals surface area contributed by atoms with Gasteiger partial charge in [-0.15, -0.1) is 0 Å². The van der Waals surface area contributed by atoms with Crippen LogP contribution in [0.4, 0.5) is 5.82 Å². The number of aryl methyl sites for hydroxylation is 1. The number of rotatable bonds is 9. The number of nitrogens with one attached hydrogen (secondary N) is 1. The minimum atomic E-state index is 0.520. The summed E-state index contributed by atoms with van der Waals surface area (Å²) < 4.78 is 11.1. The van der Waals surface area contributed by atoms with E-state index >= 15 is 0 Å². The zero-order valence-corrected chi connectivity index (χ0v) is 12.5. The van der Waals surface area contributed by atoms with Crippen LogP contribution in [0.3, 0.4) is 0 Å². The largest absolute Gasteiger partial charge is 0.475 e.